The Morgan fingerprint density at radius 3 is 2.90 bits per heavy atom. The second-order valence-corrected chi connectivity index (χ2v) is 6.05. The van der Waals surface area contributed by atoms with E-state index in [1.54, 1.807) is 10.9 Å². The van der Waals surface area contributed by atoms with Gasteiger partial charge in [0.15, 0.2) is 0 Å². The van der Waals surface area contributed by atoms with Gasteiger partial charge in [0.2, 0.25) is 0 Å². The van der Waals surface area contributed by atoms with Crippen molar-refractivity contribution >= 4 is 11.6 Å². The van der Waals surface area contributed by atoms with Gasteiger partial charge in [-0.15, -0.1) is 0 Å². The number of ether oxygens (including phenoxy) is 1. The van der Waals surface area contributed by atoms with Gasteiger partial charge in [-0.05, 0) is 26.3 Å². The Labute approximate surface area is 129 Å². The van der Waals surface area contributed by atoms with E-state index in [2.05, 4.69) is 5.10 Å². The molecule has 2 aromatic rings. The first-order chi connectivity index (χ1) is 10.1. The van der Waals surface area contributed by atoms with Crippen LogP contribution >= 0.6 is 11.6 Å². The van der Waals surface area contributed by atoms with E-state index >= 15 is 0 Å². The van der Waals surface area contributed by atoms with E-state index in [0.717, 1.165) is 17.7 Å². The number of hydrogen-bond donors (Lipinski definition) is 1. The monoisotopic (exact) mass is 306 g/mol. The molecule has 1 aromatic carbocycles. The Morgan fingerprint density at radius 2 is 2.14 bits per heavy atom. The molecule has 5 heteroatoms. The zero-order valence-electron chi connectivity index (χ0n) is 12.2. The molecule has 0 spiro atoms. The van der Waals surface area contributed by atoms with Gasteiger partial charge in [-0.3, -0.25) is 4.68 Å². The van der Waals surface area contributed by atoms with Crippen LogP contribution in [0.15, 0.2) is 30.5 Å². The lowest BCUT2D eigenvalue weighted by molar-refractivity contribution is 0.108. The topological polar surface area (TPSA) is 47.3 Å². The Kier molecular flexibility index (Phi) is 3.91. The summed E-state index contributed by atoms with van der Waals surface area (Å²) in [7, 11) is 0. The van der Waals surface area contributed by atoms with Crippen molar-refractivity contribution in [3.63, 3.8) is 0 Å². The van der Waals surface area contributed by atoms with Gasteiger partial charge in [0.25, 0.3) is 0 Å². The van der Waals surface area contributed by atoms with E-state index in [9.17, 15) is 5.11 Å². The number of halogens is 1. The molecule has 0 saturated heterocycles. The maximum absolute atomic E-state index is 10.9. The number of aliphatic hydroxyl groups excluding tert-OH is 1. The molecule has 112 valence electrons. The van der Waals surface area contributed by atoms with Gasteiger partial charge in [0.1, 0.15) is 11.9 Å². The summed E-state index contributed by atoms with van der Waals surface area (Å²) in [4.78, 5) is 0. The summed E-state index contributed by atoms with van der Waals surface area (Å²) in [5.74, 6) is 0.821. The van der Waals surface area contributed by atoms with Crippen molar-refractivity contribution in [3.8, 4) is 5.75 Å². The standard InChI is InChI=1S/C16H19ClN2O2/c1-10(2)19-15(13(17)9-18-19)16(20)12-7-8-21-14-6-4-3-5-11(12)14/h3-6,9-10,12,16,20H,7-8H2,1-2H3. The van der Waals surface area contributed by atoms with Gasteiger partial charge < -0.3 is 9.84 Å². The van der Waals surface area contributed by atoms with Crippen molar-refractivity contribution in [2.24, 2.45) is 0 Å². The lowest BCUT2D eigenvalue weighted by Gasteiger charge is -2.30. The smallest absolute Gasteiger partial charge is 0.122 e. The first kappa shape index (κ1) is 14.4. The van der Waals surface area contributed by atoms with E-state index in [0.29, 0.717) is 17.3 Å². The molecule has 1 aliphatic heterocycles. The highest BCUT2D eigenvalue weighted by molar-refractivity contribution is 6.31. The minimum Gasteiger partial charge on any atom is -0.493 e. The number of hydrogen-bond acceptors (Lipinski definition) is 3. The van der Waals surface area contributed by atoms with Crippen molar-refractivity contribution in [2.75, 3.05) is 6.61 Å². The van der Waals surface area contributed by atoms with Crippen LogP contribution in [0, 0.1) is 0 Å². The summed E-state index contributed by atoms with van der Waals surface area (Å²) in [6.07, 6.45) is 1.68. The largest absolute Gasteiger partial charge is 0.493 e. The third kappa shape index (κ3) is 2.54. The quantitative estimate of drug-likeness (QED) is 0.940. The molecule has 1 N–H and O–H groups in total. The minimum absolute atomic E-state index is 0.0263. The van der Waals surface area contributed by atoms with E-state index < -0.39 is 6.10 Å². The van der Waals surface area contributed by atoms with Crippen LogP contribution in [0.3, 0.4) is 0 Å². The highest BCUT2D eigenvalue weighted by atomic mass is 35.5. The Morgan fingerprint density at radius 1 is 1.38 bits per heavy atom. The molecular formula is C16H19ClN2O2. The lowest BCUT2D eigenvalue weighted by Crippen LogP contribution is -2.22. The Bertz CT molecular complexity index is 639. The summed E-state index contributed by atoms with van der Waals surface area (Å²) >= 11 is 6.26. The summed E-state index contributed by atoms with van der Waals surface area (Å²) < 4.78 is 7.46. The molecule has 0 radical (unpaired) electrons. The normalized spacial score (nSPS) is 19.2. The molecule has 0 aliphatic carbocycles. The summed E-state index contributed by atoms with van der Waals surface area (Å²) in [6.45, 7) is 4.65. The van der Waals surface area contributed by atoms with Crippen LogP contribution in [0.25, 0.3) is 0 Å². The highest BCUT2D eigenvalue weighted by Crippen LogP contribution is 2.43. The van der Waals surface area contributed by atoms with Crippen molar-refractivity contribution in [2.45, 2.75) is 38.3 Å². The SMILES string of the molecule is CC(C)n1ncc(Cl)c1C(O)C1CCOc2ccccc21. The van der Waals surface area contributed by atoms with E-state index in [1.165, 1.54) is 0 Å². The van der Waals surface area contributed by atoms with Crippen molar-refractivity contribution in [3.05, 3.63) is 46.7 Å². The second kappa shape index (κ2) is 5.70. The molecule has 0 amide bonds. The number of aromatic nitrogens is 2. The Balaban J connectivity index is 2.01. The van der Waals surface area contributed by atoms with Crippen molar-refractivity contribution in [1.82, 2.24) is 9.78 Å². The molecule has 2 atom stereocenters. The molecule has 21 heavy (non-hydrogen) atoms. The van der Waals surface area contributed by atoms with Gasteiger partial charge in [-0.2, -0.15) is 5.10 Å². The number of fused-ring (bicyclic) bond motifs is 1. The van der Waals surface area contributed by atoms with Crippen LogP contribution in [-0.2, 0) is 0 Å². The zero-order chi connectivity index (χ0) is 15.0. The van der Waals surface area contributed by atoms with Crippen LogP contribution in [0.1, 0.15) is 49.6 Å². The van der Waals surface area contributed by atoms with Crippen molar-refractivity contribution < 1.29 is 9.84 Å². The maximum Gasteiger partial charge on any atom is 0.122 e. The summed E-state index contributed by atoms with van der Waals surface area (Å²) in [5.41, 5.74) is 1.72. The zero-order valence-corrected chi connectivity index (χ0v) is 12.9. The lowest BCUT2D eigenvalue weighted by atomic mass is 9.86. The molecule has 1 aliphatic rings. The number of rotatable bonds is 3. The van der Waals surface area contributed by atoms with Crippen LogP contribution in [-0.4, -0.2) is 21.5 Å². The summed E-state index contributed by atoms with van der Waals surface area (Å²) in [5, 5.41) is 15.7. The third-order valence-electron chi connectivity index (χ3n) is 3.94. The third-order valence-corrected chi connectivity index (χ3v) is 4.23. The van der Waals surface area contributed by atoms with Gasteiger partial charge >= 0.3 is 0 Å². The molecule has 1 aromatic heterocycles. The fraction of sp³-hybridized carbons (Fsp3) is 0.438. The molecule has 0 fully saturated rings. The predicted molar refractivity (Wildman–Crippen MR) is 81.9 cm³/mol. The molecule has 0 bridgehead atoms. The first-order valence-electron chi connectivity index (χ1n) is 7.22. The highest BCUT2D eigenvalue weighted by Gasteiger charge is 2.32. The van der Waals surface area contributed by atoms with E-state index in [-0.39, 0.29) is 12.0 Å². The second-order valence-electron chi connectivity index (χ2n) is 5.64. The molecule has 0 saturated carbocycles. The number of para-hydroxylation sites is 1. The predicted octanol–water partition coefficient (Wildman–Crippen LogP) is 3.72. The van der Waals surface area contributed by atoms with E-state index in [1.807, 2.05) is 38.1 Å². The average molecular weight is 307 g/mol. The fourth-order valence-corrected chi connectivity index (χ4v) is 3.17. The molecule has 3 rings (SSSR count). The molecule has 2 heterocycles. The van der Waals surface area contributed by atoms with Crippen LogP contribution in [0.4, 0.5) is 0 Å². The van der Waals surface area contributed by atoms with Gasteiger partial charge in [-0.25, -0.2) is 0 Å². The molecule has 4 nitrogen and oxygen atoms in total. The van der Waals surface area contributed by atoms with Gasteiger partial charge in [0.05, 0.1) is 23.5 Å². The first-order valence-corrected chi connectivity index (χ1v) is 7.60. The maximum atomic E-state index is 10.9. The van der Waals surface area contributed by atoms with Crippen LogP contribution in [0.2, 0.25) is 5.02 Å². The van der Waals surface area contributed by atoms with Gasteiger partial charge in [0, 0.05) is 17.5 Å². The average Bonchev–Trinajstić information content (AvgIpc) is 2.88. The number of benzene rings is 1. The molecular weight excluding hydrogens is 288 g/mol. The van der Waals surface area contributed by atoms with Gasteiger partial charge in [-0.1, -0.05) is 29.8 Å². The minimum atomic E-state index is -0.688. The van der Waals surface area contributed by atoms with Crippen LogP contribution in [0.5, 0.6) is 5.75 Å². The summed E-state index contributed by atoms with van der Waals surface area (Å²) in [6, 6.07) is 8.01. The van der Waals surface area contributed by atoms with Crippen molar-refractivity contribution in [1.29, 1.82) is 0 Å². The van der Waals surface area contributed by atoms with Crippen LogP contribution < -0.4 is 4.74 Å². The number of aliphatic hydroxyl groups is 1. The number of nitrogens with zero attached hydrogens (tertiary/aromatic N) is 2. The molecule has 2 unspecified atom stereocenters. The fourth-order valence-electron chi connectivity index (χ4n) is 2.93. The Hall–Kier alpha value is -1.52. The van der Waals surface area contributed by atoms with E-state index in [4.69, 9.17) is 16.3 Å².